The Labute approximate surface area is 67.9 Å². The third kappa shape index (κ3) is 2.11. The van der Waals surface area contributed by atoms with Crippen molar-refractivity contribution in [3.05, 3.63) is 0 Å². The molecule has 0 aromatic heterocycles. The zero-order valence-electron chi connectivity index (χ0n) is 5.11. The fraction of sp³-hybridized carbons (Fsp3) is 0.600. The Morgan fingerprint density at radius 2 is 2.30 bits per heavy atom. The molecule has 2 nitrogen and oxygen atoms in total. The van der Waals surface area contributed by atoms with Crippen LogP contribution in [0.1, 0.15) is 6.42 Å². The van der Waals surface area contributed by atoms with Crippen molar-refractivity contribution in [2.24, 2.45) is 0 Å². The Morgan fingerprint density at radius 3 is 2.70 bits per heavy atom. The van der Waals surface area contributed by atoms with Gasteiger partial charge in [-0.1, -0.05) is 5.92 Å². The lowest BCUT2D eigenvalue weighted by molar-refractivity contribution is 0.622. The zero-order chi connectivity index (χ0) is 7.61. The molecule has 1 heterocycles. The highest BCUT2D eigenvalue weighted by Crippen LogP contribution is 2.37. The minimum absolute atomic E-state index is 0.133. The average Bonchev–Trinajstić information content (AvgIpc) is 1.86. The van der Waals surface area contributed by atoms with Crippen LogP contribution in [0.15, 0.2) is 0 Å². The van der Waals surface area contributed by atoms with Crippen molar-refractivity contribution in [1.29, 1.82) is 0 Å². The molecular weight excluding hydrogens is 188 g/mol. The van der Waals surface area contributed by atoms with Gasteiger partial charge in [0.2, 0.25) is 0 Å². The summed E-state index contributed by atoms with van der Waals surface area (Å²) < 4.78 is 21.7. The van der Waals surface area contributed by atoms with Crippen molar-refractivity contribution in [3.8, 4) is 12.3 Å². The van der Waals surface area contributed by atoms with E-state index in [2.05, 4.69) is 5.92 Å². The van der Waals surface area contributed by atoms with E-state index >= 15 is 0 Å². The van der Waals surface area contributed by atoms with Gasteiger partial charge < -0.3 is 0 Å². The largest absolute Gasteiger partial charge is 0.254 e. The highest BCUT2D eigenvalue weighted by Gasteiger charge is 2.24. The maximum Gasteiger partial charge on any atom is 0.254 e. The summed E-state index contributed by atoms with van der Waals surface area (Å²) in [6, 6.07) is 0. The summed E-state index contributed by atoms with van der Waals surface area (Å²) in [6.07, 6.45) is 5.88. The van der Waals surface area contributed by atoms with Gasteiger partial charge in [0.1, 0.15) is 0 Å². The van der Waals surface area contributed by atoms with E-state index in [9.17, 15) is 8.42 Å². The van der Waals surface area contributed by atoms with E-state index in [0.717, 1.165) is 28.0 Å². The van der Waals surface area contributed by atoms with Gasteiger partial charge in [0.25, 0.3) is 7.90 Å². The summed E-state index contributed by atoms with van der Waals surface area (Å²) in [6.45, 7) is 0. The monoisotopic (exact) mass is 194 g/mol. The minimum Gasteiger partial charge on any atom is -0.206 e. The third-order valence-corrected chi connectivity index (χ3v) is 6.90. The molecule has 0 aromatic carbocycles. The molecule has 1 fully saturated rings. The molecule has 1 atom stereocenters. The average molecular weight is 194 g/mol. The van der Waals surface area contributed by atoms with Crippen LogP contribution in [0.2, 0.25) is 0 Å². The van der Waals surface area contributed by atoms with Crippen molar-refractivity contribution in [2.75, 3.05) is 5.75 Å². The summed E-state index contributed by atoms with van der Waals surface area (Å²) in [5.41, 5.74) is 0. The standard InChI is InChI=1S/C5H6O2S3/c1-2-5-3-4-8-10(6,7)9-5/h1,5H,3-4H2. The number of hydrogen-bond acceptors (Lipinski definition) is 4. The van der Waals surface area contributed by atoms with Gasteiger partial charge in [-0.25, -0.2) is 8.42 Å². The summed E-state index contributed by atoms with van der Waals surface area (Å²) in [7, 11) is -1.09. The molecule has 1 unspecified atom stereocenters. The highest BCUT2D eigenvalue weighted by atomic mass is 33.5. The lowest BCUT2D eigenvalue weighted by Crippen LogP contribution is -2.10. The van der Waals surface area contributed by atoms with Crippen LogP contribution < -0.4 is 0 Å². The molecular formula is C5H6O2S3. The van der Waals surface area contributed by atoms with Crippen LogP contribution in [0.4, 0.5) is 0 Å². The Balaban J connectivity index is 2.67. The zero-order valence-corrected chi connectivity index (χ0v) is 7.56. The number of terminal acetylenes is 1. The molecule has 56 valence electrons. The van der Waals surface area contributed by atoms with E-state index in [1.807, 2.05) is 0 Å². The molecule has 1 aliphatic heterocycles. The Hall–Kier alpha value is 0.210. The lowest BCUT2D eigenvalue weighted by Gasteiger charge is -2.14. The molecule has 0 spiro atoms. The minimum atomic E-state index is -2.95. The van der Waals surface area contributed by atoms with Gasteiger partial charge in [-0.15, -0.1) is 6.42 Å². The van der Waals surface area contributed by atoms with E-state index in [-0.39, 0.29) is 5.25 Å². The van der Waals surface area contributed by atoms with Gasteiger partial charge in [-0.2, -0.15) is 0 Å². The molecule has 10 heavy (non-hydrogen) atoms. The molecule has 1 aliphatic rings. The number of hydrogen-bond donors (Lipinski definition) is 0. The molecule has 0 bridgehead atoms. The summed E-state index contributed by atoms with van der Waals surface area (Å²) in [5.74, 6) is 3.06. The van der Waals surface area contributed by atoms with Crippen LogP contribution in [-0.4, -0.2) is 19.4 Å². The fourth-order valence-electron chi connectivity index (χ4n) is 0.586. The first-order valence-electron chi connectivity index (χ1n) is 2.68. The van der Waals surface area contributed by atoms with Crippen molar-refractivity contribution in [2.45, 2.75) is 11.7 Å². The molecule has 1 saturated heterocycles. The quantitative estimate of drug-likeness (QED) is 0.427. The van der Waals surface area contributed by atoms with E-state index in [0.29, 0.717) is 5.75 Å². The molecule has 0 saturated carbocycles. The van der Waals surface area contributed by atoms with Gasteiger partial charge in [-0.05, 0) is 28.0 Å². The Kier molecular flexibility index (Phi) is 2.55. The molecule has 0 aliphatic carbocycles. The van der Waals surface area contributed by atoms with Crippen LogP contribution in [0.3, 0.4) is 0 Å². The lowest BCUT2D eigenvalue weighted by atomic mass is 10.3. The predicted octanol–water partition coefficient (Wildman–Crippen LogP) is 1.10. The van der Waals surface area contributed by atoms with E-state index < -0.39 is 7.90 Å². The maximum atomic E-state index is 10.9. The predicted molar refractivity (Wildman–Crippen MR) is 46.2 cm³/mol. The highest BCUT2D eigenvalue weighted by molar-refractivity contribution is 9.05. The Morgan fingerprint density at radius 1 is 1.60 bits per heavy atom. The third-order valence-electron chi connectivity index (χ3n) is 1.03. The molecule has 5 heteroatoms. The molecule has 0 amide bonds. The van der Waals surface area contributed by atoms with Crippen LogP contribution in [-0.2, 0) is 7.90 Å². The molecule has 0 aromatic rings. The van der Waals surface area contributed by atoms with Crippen molar-refractivity contribution >= 4 is 29.5 Å². The van der Waals surface area contributed by atoms with Gasteiger partial charge in [0.05, 0.1) is 5.25 Å². The van der Waals surface area contributed by atoms with E-state index in [1.165, 1.54) is 0 Å². The van der Waals surface area contributed by atoms with Crippen LogP contribution in [0, 0.1) is 12.3 Å². The summed E-state index contributed by atoms with van der Waals surface area (Å²) in [5, 5.41) is -0.133. The molecule has 0 N–H and O–H groups in total. The molecule has 0 radical (unpaired) electrons. The van der Waals surface area contributed by atoms with E-state index in [4.69, 9.17) is 6.42 Å². The smallest absolute Gasteiger partial charge is 0.206 e. The second-order valence-electron chi connectivity index (χ2n) is 1.77. The Bertz CT molecular complexity index is 249. The van der Waals surface area contributed by atoms with Gasteiger partial charge >= 0.3 is 0 Å². The topological polar surface area (TPSA) is 34.1 Å². The molecule has 1 rings (SSSR count). The first-order valence-corrected chi connectivity index (χ1v) is 7.06. The second kappa shape index (κ2) is 3.07. The van der Waals surface area contributed by atoms with Crippen molar-refractivity contribution in [1.82, 2.24) is 0 Å². The second-order valence-corrected chi connectivity index (χ2v) is 8.54. The first kappa shape index (κ1) is 8.31. The van der Waals surface area contributed by atoms with Crippen molar-refractivity contribution in [3.63, 3.8) is 0 Å². The van der Waals surface area contributed by atoms with Crippen LogP contribution in [0.5, 0.6) is 0 Å². The summed E-state index contributed by atoms with van der Waals surface area (Å²) >= 11 is 0. The van der Waals surface area contributed by atoms with Crippen molar-refractivity contribution < 1.29 is 8.42 Å². The van der Waals surface area contributed by atoms with Crippen LogP contribution >= 0.6 is 21.6 Å². The SMILES string of the molecule is C#CC1CCSS(=O)(=O)S1. The number of rotatable bonds is 0. The van der Waals surface area contributed by atoms with Gasteiger partial charge in [0.15, 0.2) is 0 Å². The van der Waals surface area contributed by atoms with Crippen LogP contribution in [0.25, 0.3) is 0 Å². The van der Waals surface area contributed by atoms with Gasteiger partial charge in [0, 0.05) is 5.75 Å². The normalized spacial score (nSPS) is 30.9. The fourth-order valence-corrected chi connectivity index (χ4v) is 6.22. The van der Waals surface area contributed by atoms with Gasteiger partial charge in [-0.3, -0.25) is 0 Å². The maximum absolute atomic E-state index is 10.9. The first-order chi connectivity index (χ1) is 4.64. The summed E-state index contributed by atoms with van der Waals surface area (Å²) in [4.78, 5) is 0. The van der Waals surface area contributed by atoms with E-state index in [1.54, 1.807) is 0 Å².